The van der Waals surface area contributed by atoms with Crippen molar-refractivity contribution in [2.75, 3.05) is 39.3 Å². The van der Waals surface area contributed by atoms with E-state index in [1.165, 1.54) is 17.7 Å². The average Bonchev–Trinajstić information content (AvgIpc) is 2.95. The topological polar surface area (TPSA) is 35.6 Å². The van der Waals surface area contributed by atoms with Crippen LogP contribution in [0, 0.1) is 11.7 Å². The lowest BCUT2D eigenvalue weighted by Gasteiger charge is -2.55. The number of carbonyl (C=O) groups is 1. The van der Waals surface area contributed by atoms with Crippen molar-refractivity contribution in [1.29, 1.82) is 0 Å². The van der Waals surface area contributed by atoms with Crippen LogP contribution in [0.15, 0.2) is 54.6 Å². The number of nitrogens with one attached hydrogen (secondary N) is 1. The van der Waals surface area contributed by atoms with Crippen molar-refractivity contribution in [3.8, 4) is 0 Å². The number of carbonyl (C=O) groups excluding carboxylic acids is 1. The molecule has 4 nitrogen and oxygen atoms in total. The molecule has 4 heterocycles. The number of amides is 1. The molecule has 0 spiro atoms. The van der Waals surface area contributed by atoms with Gasteiger partial charge in [0.25, 0.3) is 0 Å². The van der Waals surface area contributed by atoms with Gasteiger partial charge in [0.05, 0.1) is 6.42 Å². The van der Waals surface area contributed by atoms with Crippen molar-refractivity contribution in [2.24, 2.45) is 5.92 Å². The van der Waals surface area contributed by atoms with E-state index in [1.54, 1.807) is 12.1 Å². The zero-order valence-corrected chi connectivity index (χ0v) is 16.0. The van der Waals surface area contributed by atoms with Crippen LogP contribution in [0.2, 0.25) is 0 Å². The van der Waals surface area contributed by atoms with Gasteiger partial charge in [-0.3, -0.25) is 4.79 Å². The minimum atomic E-state index is -0.271. The largest absolute Gasteiger partial charge is 0.352 e. The Morgan fingerprint density at radius 2 is 1.64 bits per heavy atom. The summed E-state index contributed by atoms with van der Waals surface area (Å²) < 4.78 is 13.2. The summed E-state index contributed by atoms with van der Waals surface area (Å²) in [6.45, 7) is 6.30. The highest BCUT2D eigenvalue weighted by molar-refractivity contribution is 5.79. The van der Waals surface area contributed by atoms with E-state index in [1.807, 2.05) is 0 Å². The standard InChI is InChI=1S/C23H26FN3O/c24-20-8-6-17(7-9-20)12-21(28)25-22-18-13-26-10-11-27(14-18)16-23(22,15-26)19-4-2-1-3-5-19/h1-9,18,22H,10-16H2,(H,25,28)/t18?,22-,23?/m0/s1. The molecule has 4 saturated heterocycles. The quantitative estimate of drug-likeness (QED) is 0.883. The third-order valence-corrected chi connectivity index (χ3v) is 6.74. The van der Waals surface area contributed by atoms with Crippen LogP contribution in [0.1, 0.15) is 11.1 Å². The lowest BCUT2D eigenvalue weighted by Crippen LogP contribution is -2.70. The van der Waals surface area contributed by atoms with E-state index in [2.05, 4.69) is 45.4 Å². The molecule has 4 bridgehead atoms. The minimum absolute atomic E-state index is 0.0306. The van der Waals surface area contributed by atoms with Crippen LogP contribution >= 0.6 is 0 Å². The Morgan fingerprint density at radius 1 is 1.00 bits per heavy atom. The summed E-state index contributed by atoms with van der Waals surface area (Å²) in [7, 11) is 0. The SMILES string of the molecule is O=C(Cc1ccc(F)cc1)N[C@H]1C2CN3CCN(C2)CC1(c1ccccc1)C3. The second-order valence-corrected chi connectivity index (χ2v) is 8.60. The number of hydrogen-bond acceptors (Lipinski definition) is 3. The summed E-state index contributed by atoms with van der Waals surface area (Å²) >= 11 is 0. The van der Waals surface area contributed by atoms with Gasteiger partial charge in [0.1, 0.15) is 5.82 Å². The Balaban J connectivity index is 1.43. The molecule has 0 aromatic heterocycles. The fraction of sp³-hybridized carbons (Fsp3) is 0.435. The molecule has 4 aliphatic heterocycles. The summed E-state index contributed by atoms with van der Waals surface area (Å²) in [6.07, 6.45) is 0.293. The van der Waals surface area contributed by atoms with E-state index in [0.717, 1.165) is 44.8 Å². The summed E-state index contributed by atoms with van der Waals surface area (Å²) in [6, 6.07) is 17.1. The van der Waals surface area contributed by atoms with Gasteiger partial charge in [0, 0.05) is 56.6 Å². The van der Waals surface area contributed by atoms with E-state index in [0.29, 0.717) is 12.3 Å². The Labute approximate surface area is 165 Å². The van der Waals surface area contributed by atoms with Crippen molar-refractivity contribution in [2.45, 2.75) is 17.9 Å². The van der Waals surface area contributed by atoms with Gasteiger partial charge < -0.3 is 15.1 Å². The van der Waals surface area contributed by atoms with E-state index >= 15 is 0 Å². The first kappa shape index (κ1) is 17.8. The molecule has 3 atom stereocenters. The minimum Gasteiger partial charge on any atom is -0.352 e. The van der Waals surface area contributed by atoms with Crippen LogP contribution in [0.3, 0.4) is 0 Å². The number of fused-ring (bicyclic) bond motifs is 1. The first-order valence-corrected chi connectivity index (χ1v) is 10.2. The average molecular weight is 379 g/mol. The van der Waals surface area contributed by atoms with Gasteiger partial charge in [-0.1, -0.05) is 42.5 Å². The first-order chi connectivity index (χ1) is 13.6. The normalized spacial score (nSPS) is 33.5. The maximum Gasteiger partial charge on any atom is 0.224 e. The summed E-state index contributed by atoms with van der Waals surface area (Å²) in [4.78, 5) is 18.1. The number of halogens is 1. The number of rotatable bonds is 4. The summed E-state index contributed by atoms with van der Waals surface area (Å²) in [5.74, 6) is 0.193. The fourth-order valence-electron chi connectivity index (χ4n) is 5.58. The van der Waals surface area contributed by atoms with E-state index in [9.17, 15) is 9.18 Å². The Morgan fingerprint density at radius 3 is 2.29 bits per heavy atom. The maximum absolute atomic E-state index is 13.2. The van der Waals surface area contributed by atoms with Crippen LogP contribution in [-0.2, 0) is 16.6 Å². The van der Waals surface area contributed by atoms with E-state index < -0.39 is 0 Å². The molecule has 0 radical (unpaired) electrons. The molecular weight excluding hydrogens is 353 g/mol. The van der Waals surface area contributed by atoms with Crippen LogP contribution in [-0.4, -0.2) is 61.0 Å². The molecule has 0 aliphatic carbocycles. The molecule has 0 saturated carbocycles. The highest BCUT2D eigenvalue weighted by Gasteiger charge is 2.55. The molecule has 4 fully saturated rings. The summed E-state index contributed by atoms with van der Waals surface area (Å²) in [5.41, 5.74) is 2.10. The van der Waals surface area contributed by atoms with Crippen LogP contribution in [0.25, 0.3) is 0 Å². The smallest absolute Gasteiger partial charge is 0.224 e. The number of piperidine rings is 2. The van der Waals surface area contributed by atoms with Crippen molar-refractivity contribution in [3.63, 3.8) is 0 Å². The predicted molar refractivity (Wildman–Crippen MR) is 107 cm³/mol. The van der Waals surface area contributed by atoms with Crippen LogP contribution in [0.4, 0.5) is 4.39 Å². The highest BCUT2D eigenvalue weighted by Crippen LogP contribution is 2.43. The molecule has 1 amide bonds. The molecule has 2 unspecified atom stereocenters. The lowest BCUT2D eigenvalue weighted by molar-refractivity contribution is -0.123. The van der Waals surface area contributed by atoms with Crippen molar-refractivity contribution < 1.29 is 9.18 Å². The van der Waals surface area contributed by atoms with Gasteiger partial charge in [-0.25, -0.2) is 4.39 Å². The van der Waals surface area contributed by atoms with E-state index in [4.69, 9.17) is 0 Å². The number of benzene rings is 2. The monoisotopic (exact) mass is 379 g/mol. The molecule has 28 heavy (non-hydrogen) atoms. The third-order valence-electron chi connectivity index (χ3n) is 6.74. The molecule has 1 N–H and O–H groups in total. The molecule has 2 aromatic rings. The second kappa shape index (κ2) is 6.98. The number of nitrogens with zero attached hydrogens (tertiary/aromatic N) is 2. The molecular formula is C23H26FN3O. The van der Waals surface area contributed by atoms with Crippen molar-refractivity contribution in [1.82, 2.24) is 15.1 Å². The molecule has 146 valence electrons. The maximum atomic E-state index is 13.2. The predicted octanol–water partition coefficient (Wildman–Crippen LogP) is 2.05. The molecule has 4 aliphatic rings. The van der Waals surface area contributed by atoms with Gasteiger partial charge >= 0.3 is 0 Å². The molecule has 5 heteroatoms. The fourth-order valence-corrected chi connectivity index (χ4v) is 5.58. The Kier molecular flexibility index (Phi) is 4.44. The molecule has 6 rings (SSSR count). The first-order valence-electron chi connectivity index (χ1n) is 10.2. The Hall–Kier alpha value is -2.24. The lowest BCUT2D eigenvalue weighted by atomic mass is 9.64. The van der Waals surface area contributed by atoms with Gasteiger partial charge in [-0.2, -0.15) is 0 Å². The van der Waals surface area contributed by atoms with Crippen molar-refractivity contribution >= 4 is 5.91 Å². The van der Waals surface area contributed by atoms with Gasteiger partial charge in [-0.15, -0.1) is 0 Å². The number of hydrogen-bond donors (Lipinski definition) is 1. The Bertz CT molecular complexity index is 838. The van der Waals surface area contributed by atoms with Crippen LogP contribution in [0.5, 0.6) is 0 Å². The van der Waals surface area contributed by atoms with Crippen LogP contribution < -0.4 is 5.32 Å². The summed E-state index contributed by atoms with van der Waals surface area (Å²) in [5, 5.41) is 3.41. The third kappa shape index (κ3) is 3.12. The van der Waals surface area contributed by atoms with Gasteiger partial charge in [-0.05, 0) is 23.3 Å². The van der Waals surface area contributed by atoms with Gasteiger partial charge in [0.15, 0.2) is 0 Å². The zero-order valence-electron chi connectivity index (χ0n) is 16.0. The van der Waals surface area contributed by atoms with E-state index in [-0.39, 0.29) is 23.2 Å². The molecule has 2 aromatic carbocycles. The highest BCUT2D eigenvalue weighted by atomic mass is 19.1. The second-order valence-electron chi connectivity index (χ2n) is 8.60. The zero-order chi connectivity index (χ0) is 19.1. The van der Waals surface area contributed by atoms with Crippen molar-refractivity contribution in [3.05, 3.63) is 71.5 Å². The van der Waals surface area contributed by atoms with Gasteiger partial charge in [0.2, 0.25) is 5.91 Å².